The van der Waals surface area contributed by atoms with E-state index in [1.807, 2.05) is 0 Å². The van der Waals surface area contributed by atoms with Crippen LogP contribution in [0.2, 0.25) is 0 Å². The lowest BCUT2D eigenvalue weighted by Crippen LogP contribution is -2.00. The van der Waals surface area contributed by atoms with E-state index in [4.69, 9.17) is 4.74 Å². The molecule has 0 heterocycles. The average Bonchev–Trinajstić information content (AvgIpc) is 2.46. The highest BCUT2D eigenvalue weighted by atomic mass is 16.6. The molecular formula is C14H13NO4. The lowest BCUT2D eigenvalue weighted by atomic mass is 10.0. The van der Waals surface area contributed by atoms with Crippen molar-refractivity contribution in [2.45, 2.75) is 6.10 Å². The number of nitrogens with zero attached hydrogens (tertiary/aromatic N) is 1. The Morgan fingerprint density at radius 3 is 2.42 bits per heavy atom. The summed E-state index contributed by atoms with van der Waals surface area (Å²) in [6, 6.07) is 12.9. The molecule has 0 aliphatic carbocycles. The molecule has 2 aromatic rings. The minimum Gasteiger partial charge on any atom is -0.497 e. The molecule has 5 heteroatoms. The molecule has 0 aromatic heterocycles. The van der Waals surface area contributed by atoms with Gasteiger partial charge >= 0.3 is 0 Å². The van der Waals surface area contributed by atoms with Crippen molar-refractivity contribution in [1.29, 1.82) is 0 Å². The van der Waals surface area contributed by atoms with Gasteiger partial charge in [-0.25, -0.2) is 0 Å². The zero-order valence-corrected chi connectivity index (χ0v) is 10.3. The topological polar surface area (TPSA) is 72.6 Å². The molecule has 0 amide bonds. The third kappa shape index (κ3) is 2.89. The lowest BCUT2D eigenvalue weighted by molar-refractivity contribution is -0.385. The number of hydrogen-bond acceptors (Lipinski definition) is 4. The molecule has 0 saturated heterocycles. The van der Waals surface area contributed by atoms with Gasteiger partial charge in [-0.3, -0.25) is 10.1 Å². The van der Waals surface area contributed by atoms with Gasteiger partial charge in [0, 0.05) is 12.1 Å². The Balaban J connectivity index is 2.29. The minimum absolute atomic E-state index is 0.0370. The maximum absolute atomic E-state index is 10.7. The first-order valence-corrected chi connectivity index (χ1v) is 5.68. The van der Waals surface area contributed by atoms with E-state index in [1.54, 1.807) is 43.5 Å². The summed E-state index contributed by atoms with van der Waals surface area (Å²) in [5.74, 6) is 0.690. The highest BCUT2D eigenvalue weighted by Crippen LogP contribution is 2.26. The molecule has 1 atom stereocenters. The van der Waals surface area contributed by atoms with Gasteiger partial charge in [-0.1, -0.05) is 24.3 Å². The van der Waals surface area contributed by atoms with E-state index >= 15 is 0 Å². The standard InChI is InChI=1S/C14H13NO4/c1-19-13-7-5-10(6-8-13)14(16)11-3-2-4-12(9-11)15(17)18/h2-9,14,16H,1H3. The van der Waals surface area contributed by atoms with Crippen LogP contribution in [-0.4, -0.2) is 17.1 Å². The molecule has 19 heavy (non-hydrogen) atoms. The van der Waals surface area contributed by atoms with E-state index in [9.17, 15) is 15.2 Å². The molecule has 0 aliphatic rings. The largest absolute Gasteiger partial charge is 0.497 e. The number of hydrogen-bond donors (Lipinski definition) is 1. The number of non-ortho nitro benzene ring substituents is 1. The highest BCUT2D eigenvalue weighted by Gasteiger charge is 2.14. The number of aliphatic hydroxyl groups is 1. The number of rotatable bonds is 4. The van der Waals surface area contributed by atoms with Crippen LogP contribution in [-0.2, 0) is 0 Å². The zero-order chi connectivity index (χ0) is 13.8. The molecule has 0 bridgehead atoms. The van der Waals surface area contributed by atoms with Gasteiger partial charge in [0.15, 0.2) is 0 Å². The Labute approximate surface area is 110 Å². The number of aliphatic hydroxyl groups excluding tert-OH is 1. The van der Waals surface area contributed by atoms with Gasteiger partial charge in [0.05, 0.1) is 12.0 Å². The molecular weight excluding hydrogens is 246 g/mol. The minimum atomic E-state index is -0.897. The van der Waals surface area contributed by atoms with Crippen LogP contribution in [0.5, 0.6) is 5.75 Å². The van der Waals surface area contributed by atoms with Gasteiger partial charge in [0.25, 0.3) is 5.69 Å². The van der Waals surface area contributed by atoms with Crippen LogP contribution in [0.1, 0.15) is 17.2 Å². The van der Waals surface area contributed by atoms with E-state index in [-0.39, 0.29) is 5.69 Å². The smallest absolute Gasteiger partial charge is 0.269 e. The van der Waals surface area contributed by atoms with Gasteiger partial charge in [0.1, 0.15) is 11.9 Å². The van der Waals surface area contributed by atoms with E-state index in [1.165, 1.54) is 12.1 Å². The van der Waals surface area contributed by atoms with Crippen molar-refractivity contribution < 1.29 is 14.8 Å². The van der Waals surface area contributed by atoms with Crippen LogP contribution in [0.25, 0.3) is 0 Å². The molecule has 0 fully saturated rings. The molecule has 2 aromatic carbocycles. The molecule has 5 nitrogen and oxygen atoms in total. The van der Waals surface area contributed by atoms with Crippen LogP contribution >= 0.6 is 0 Å². The van der Waals surface area contributed by atoms with Gasteiger partial charge in [-0.15, -0.1) is 0 Å². The van der Waals surface area contributed by atoms with Crippen LogP contribution in [0, 0.1) is 10.1 Å². The maximum atomic E-state index is 10.7. The summed E-state index contributed by atoms with van der Waals surface area (Å²) in [4.78, 5) is 10.2. The SMILES string of the molecule is COc1ccc(C(O)c2cccc([N+](=O)[O-])c2)cc1. The molecule has 98 valence electrons. The Morgan fingerprint density at radius 1 is 1.16 bits per heavy atom. The van der Waals surface area contributed by atoms with Crippen molar-refractivity contribution >= 4 is 5.69 Å². The van der Waals surface area contributed by atoms with Crippen LogP contribution < -0.4 is 4.74 Å². The van der Waals surface area contributed by atoms with Crippen molar-refractivity contribution in [3.05, 3.63) is 69.8 Å². The van der Waals surface area contributed by atoms with Crippen molar-refractivity contribution in [3.8, 4) is 5.75 Å². The molecule has 1 N–H and O–H groups in total. The van der Waals surface area contributed by atoms with E-state index in [0.717, 1.165) is 0 Å². The lowest BCUT2D eigenvalue weighted by Gasteiger charge is -2.11. The first kappa shape index (κ1) is 13.0. The maximum Gasteiger partial charge on any atom is 0.269 e. The first-order chi connectivity index (χ1) is 9.11. The fourth-order valence-corrected chi connectivity index (χ4v) is 1.79. The molecule has 1 unspecified atom stereocenters. The molecule has 0 radical (unpaired) electrons. The second-order valence-corrected chi connectivity index (χ2v) is 4.03. The van der Waals surface area contributed by atoms with Crippen molar-refractivity contribution in [2.75, 3.05) is 7.11 Å². The third-order valence-corrected chi connectivity index (χ3v) is 2.83. The number of nitro groups is 1. The average molecular weight is 259 g/mol. The van der Waals surface area contributed by atoms with Crippen LogP contribution in [0.3, 0.4) is 0 Å². The molecule has 0 saturated carbocycles. The summed E-state index contributed by atoms with van der Waals surface area (Å²) in [7, 11) is 1.56. The zero-order valence-electron chi connectivity index (χ0n) is 10.3. The normalized spacial score (nSPS) is 11.9. The Hall–Kier alpha value is -2.40. The van der Waals surface area contributed by atoms with Gasteiger partial charge in [0.2, 0.25) is 0 Å². The molecule has 0 spiro atoms. The second kappa shape index (κ2) is 5.49. The fourth-order valence-electron chi connectivity index (χ4n) is 1.79. The number of nitro benzene ring substituents is 1. The Morgan fingerprint density at radius 2 is 1.84 bits per heavy atom. The van der Waals surface area contributed by atoms with Crippen molar-refractivity contribution in [1.82, 2.24) is 0 Å². The van der Waals surface area contributed by atoms with Crippen LogP contribution in [0.15, 0.2) is 48.5 Å². The number of methoxy groups -OCH3 is 1. The van der Waals surface area contributed by atoms with Crippen LogP contribution in [0.4, 0.5) is 5.69 Å². The van der Waals surface area contributed by atoms with E-state index in [2.05, 4.69) is 0 Å². The number of benzene rings is 2. The van der Waals surface area contributed by atoms with Gasteiger partial charge in [-0.05, 0) is 23.3 Å². The fraction of sp³-hybridized carbons (Fsp3) is 0.143. The predicted molar refractivity (Wildman–Crippen MR) is 70.2 cm³/mol. The molecule has 2 rings (SSSR count). The quantitative estimate of drug-likeness (QED) is 0.676. The Kier molecular flexibility index (Phi) is 3.77. The summed E-state index contributed by atoms with van der Waals surface area (Å²) >= 11 is 0. The van der Waals surface area contributed by atoms with Gasteiger partial charge < -0.3 is 9.84 Å². The third-order valence-electron chi connectivity index (χ3n) is 2.83. The summed E-state index contributed by atoms with van der Waals surface area (Å²) in [6.45, 7) is 0. The monoisotopic (exact) mass is 259 g/mol. The first-order valence-electron chi connectivity index (χ1n) is 5.68. The summed E-state index contributed by atoms with van der Waals surface area (Å²) in [5.41, 5.74) is 1.10. The highest BCUT2D eigenvalue weighted by molar-refractivity contribution is 5.40. The summed E-state index contributed by atoms with van der Waals surface area (Å²) < 4.78 is 5.03. The van der Waals surface area contributed by atoms with Gasteiger partial charge in [-0.2, -0.15) is 0 Å². The van der Waals surface area contributed by atoms with Crippen molar-refractivity contribution in [3.63, 3.8) is 0 Å². The second-order valence-electron chi connectivity index (χ2n) is 4.03. The summed E-state index contributed by atoms with van der Waals surface area (Å²) in [6.07, 6.45) is -0.897. The van der Waals surface area contributed by atoms with E-state index < -0.39 is 11.0 Å². The van der Waals surface area contributed by atoms with E-state index in [0.29, 0.717) is 16.9 Å². The number of ether oxygens (including phenoxy) is 1. The van der Waals surface area contributed by atoms with Crippen molar-refractivity contribution in [2.24, 2.45) is 0 Å². The predicted octanol–water partition coefficient (Wildman–Crippen LogP) is 2.69. The Bertz CT molecular complexity index is 580. The molecule has 0 aliphatic heterocycles. The summed E-state index contributed by atoms with van der Waals surface area (Å²) in [5, 5.41) is 20.9.